The molecule has 2 aromatic rings. The first-order valence-corrected chi connectivity index (χ1v) is 6.35. The summed E-state index contributed by atoms with van der Waals surface area (Å²) >= 11 is 0. The van der Waals surface area contributed by atoms with Gasteiger partial charge < -0.3 is 21.7 Å². The van der Waals surface area contributed by atoms with Gasteiger partial charge in [-0.1, -0.05) is 0 Å². The molecule has 6 N–H and O–H groups in total. The summed E-state index contributed by atoms with van der Waals surface area (Å²) in [5.41, 5.74) is 18.0. The van der Waals surface area contributed by atoms with E-state index in [0.717, 1.165) is 33.6 Å². The maximum absolute atomic E-state index is 8.65. The Bertz CT molecular complexity index is 489. The van der Waals surface area contributed by atoms with Crippen molar-refractivity contribution in [3.05, 3.63) is 46.5 Å². The van der Waals surface area contributed by atoms with E-state index in [4.69, 9.17) is 21.7 Å². The van der Waals surface area contributed by atoms with Crippen molar-refractivity contribution in [1.29, 1.82) is 0 Å². The van der Waals surface area contributed by atoms with E-state index in [9.17, 15) is 0 Å². The van der Waals surface area contributed by atoms with Crippen molar-refractivity contribution in [2.45, 2.75) is 27.7 Å². The lowest BCUT2D eigenvalue weighted by atomic mass is 9.97. The van der Waals surface area contributed by atoms with Gasteiger partial charge in [0, 0.05) is 11.4 Å². The average Bonchev–Trinajstić information content (AvgIpc) is 2.45. The van der Waals surface area contributed by atoms with Crippen LogP contribution in [0.4, 0.5) is 11.4 Å². The predicted molar refractivity (Wildman–Crippen MR) is 98.5 cm³/mol. The van der Waals surface area contributed by atoms with E-state index in [0.29, 0.717) is 0 Å². The van der Waals surface area contributed by atoms with Gasteiger partial charge in [-0.3, -0.25) is 0 Å². The number of benzene rings is 2. The lowest BCUT2D eigenvalue weighted by Crippen LogP contribution is -2.04. The summed E-state index contributed by atoms with van der Waals surface area (Å²) in [7, 11) is 0. The fourth-order valence-electron chi connectivity index (χ4n) is 1.82. The van der Waals surface area contributed by atoms with Crippen LogP contribution in [0.1, 0.15) is 22.3 Å². The number of halogens is 2. The first-order chi connectivity index (χ1) is 9.25. The van der Waals surface area contributed by atoms with Crippen molar-refractivity contribution < 1.29 is 10.2 Å². The number of nitrogen functional groups attached to an aromatic ring is 2. The summed E-state index contributed by atoms with van der Waals surface area (Å²) < 4.78 is 0. The molecule has 0 saturated heterocycles. The van der Waals surface area contributed by atoms with Gasteiger partial charge >= 0.3 is 0 Å². The molecule has 0 aliphatic heterocycles. The number of rotatable bonds is 0. The maximum Gasteiger partial charge on any atom is 0.115 e. The van der Waals surface area contributed by atoms with Crippen LogP contribution in [0.15, 0.2) is 24.3 Å². The van der Waals surface area contributed by atoms with E-state index in [1.54, 1.807) is 0 Å². The van der Waals surface area contributed by atoms with Crippen molar-refractivity contribution in [1.82, 2.24) is 0 Å². The zero-order valence-electron chi connectivity index (χ0n) is 13.2. The average molecular weight is 347 g/mol. The monoisotopic (exact) mass is 346 g/mol. The molecule has 0 radical (unpaired) electrons. The lowest BCUT2D eigenvalue weighted by Gasteiger charge is -2.14. The predicted octanol–water partition coefficient (Wildman–Crippen LogP) is 4.03. The molecule has 2 aromatic carbocycles. The molecular weight excluding hydrogens is 323 g/mol. The van der Waals surface area contributed by atoms with Crippen LogP contribution in [0.25, 0.3) is 0 Å². The fraction of sp³-hybridized carbons (Fsp3) is 0.250. The minimum atomic E-state index is 0. The number of phenolic OH excluding ortho intramolecular Hbond substituents is 2. The Morgan fingerprint density at radius 1 is 0.591 bits per heavy atom. The minimum Gasteiger partial charge on any atom is -0.508 e. The lowest BCUT2D eigenvalue weighted by molar-refractivity contribution is 0.460. The SMILES string of the molecule is Cc1c(C)c(N)c(C)c(C)c1N.Cl.Cl.Oc1ccc(O)cc1. The molecule has 0 fully saturated rings. The highest BCUT2D eigenvalue weighted by atomic mass is 35.5. The standard InChI is InChI=1S/C10H16N2.C6H6O2.2ClH/c1-5-6(2)10(12)8(4)7(3)9(5)11;7-5-1-2-6(8)4-3-5;;/h11-12H2,1-4H3;1-4,7-8H;2*1H. The van der Waals surface area contributed by atoms with E-state index in [2.05, 4.69) is 0 Å². The van der Waals surface area contributed by atoms with Crippen LogP contribution in [0, 0.1) is 27.7 Å². The molecule has 6 heteroatoms. The largest absolute Gasteiger partial charge is 0.508 e. The van der Waals surface area contributed by atoms with E-state index in [-0.39, 0.29) is 36.3 Å². The van der Waals surface area contributed by atoms with Crippen molar-refractivity contribution >= 4 is 36.2 Å². The van der Waals surface area contributed by atoms with Crippen molar-refractivity contribution in [2.75, 3.05) is 11.5 Å². The summed E-state index contributed by atoms with van der Waals surface area (Å²) in [6.07, 6.45) is 0. The highest BCUT2D eigenvalue weighted by Gasteiger charge is 2.09. The summed E-state index contributed by atoms with van der Waals surface area (Å²) in [5, 5.41) is 17.3. The minimum absolute atomic E-state index is 0. The molecule has 4 nitrogen and oxygen atoms in total. The van der Waals surface area contributed by atoms with Crippen LogP contribution in [0.5, 0.6) is 11.5 Å². The number of hydrogen-bond donors (Lipinski definition) is 4. The molecule has 0 unspecified atom stereocenters. The molecule has 0 aromatic heterocycles. The summed E-state index contributed by atoms with van der Waals surface area (Å²) in [6.45, 7) is 8.03. The zero-order chi connectivity index (χ0) is 15.4. The van der Waals surface area contributed by atoms with E-state index >= 15 is 0 Å². The molecule has 0 heterocycles. The van der Waals surface area contributed by atoms with Crippen LogP contribution >= 0.6 is 24.8 Å². The van der Waals surface area contributed by atoms with Gasteiger partial charge in [0.15, 0.2) is 0 Å². The molecule has 0 atom stereocenters. The Kier molecular flexibility index (Phi) is 9.49. The van der Waals surface area contributed by atoms with Crippen molar-refractivity contribution in [3.63, 3.8) is 0 Å². The summed E-state index contributed by atoms with van der Waals surface area (Å²) in [4.78, 5) is 0. The van der Waals surface area contributed by atoms with Crippen molar-refractivity contribution in [2.24, 2.45) is 0 Å². The Labute approximate surface area is 144 Å². The van der Waals surface area contributed by atoms with Gasteiger partial charge in [-0.25, -0.2) is 0 Å². The van der Waals surface area contributed by atoms with E-state index in [1.807, 2.05) is 27.7 Å². The third-order valence-electron chi connectivity index (χ3n) is 3.59. The molecule has 0 spiro atoms. The number of aromatic hydroxyl groups is 2. The third kappa shape index (κ3) is 5.20. The van der Waals surface area contributed by atoms with Crippen LogP contribution in [-0.2, 0) is 0 Å². The summed E-state index contributed by atoms with van der Waals surface area (Å²) in [6, 6.07) is 5.70. The van der Waals surface area contributed by atoms with Crippen LogP contribution in [-0.4, -0.2) is 10.2 Å². The number of phenols is 2. The molecule has 0 amide bonds. The number of nitrogens with two attached hydrogens (primary N) is 2. The molecule has 22 heavy (non-hydrogen) atoms. The maximum atomic E-state index is 8.65. The van der Waals surface area contributed by atoms with Crippen LogP contribution < -0.4 is 11.5 Å². The highest BCUT2D eigenvalue weighted by molar-refractivity contribution is 5.85. The van der Waals surface area contributed by atoms with E-state index < -0.39 is 0 Å². The Morgan fingerprint density at radius 2 is 0.773 bits per heavy atom. The van der Waals surface area contributed by atoms with E-state index in [1.165, 1.54) is 24.3 Å². The first-order valence-electron chi connectivity index (χ1n) is 6.35. The van der Waals surface area contributed by atoms with Gasteiger partial charge in [-0.2, -0.15) is 0 Å². The molecule has 0 bridgehead atoms. The molecule has 0 saturated carbocycles. The smallest absolute Gasteiger partial charge is 0.115 e. The van der Waals surface area contributed by atoms with Gasteiger partial charge in [0.05, 0.1) is 0 Å². The molecule has 2 rings (SSSR count). The first kappa shape index (κ1) is 22.5. The van der Waals surface area contributed by atoms with Crippen LogP contribution in [0.3, 0.4) is 0 Å². The second kappa shape index (κ2) is 9.28. The normalized spacial score (nSPS) is 8.91. The Morgan fingerprint density at radius 3 is 0.955 bits per heavy atom. The van der Waals surface area contributed by atoms with Crippen molar-refractivity contribution in [3.8, 4) is 11.5 Å². The van der Waals surface area contributed by atoms with Gasteiger partial charge in [-0.05, 0) is 74.2 Å². The topological polar surface area (TPSA) is 92.5 Å². The van der Waals surface area contributed by atoms with Gasteiger partial charge in [0.25, 0.3) is 0 Å². The summed E-state index contributed by atoms with van der Waals surface area (Å²) in [5.74, 6) is 0.339. The molecular formula is C16H24Cl2N2O2. The third-order valence-corrected chi connectivity index (χ3v) is 3.59. The second-order valence-corrected chi connectivity index (χ2v) is 4.84. The zero-order valence-corrected chi connectivity index (χ0v) is 14.8. The van der Waals surface area contributed by atoms with Gasteiger partial charge in [-0.15, -0.1) is 24.8 Å². The number of anilines is 2. The van der Waals surface area contributed by atoms with Gasteiger partial charge in [0.1, 0.15) is 11.5 Å². The number of hydrogen-bond acceptors (Lipinski definition) is 4. The molecule has 124 valence electrons. The molecule has 0 aliphatic rings. The Balaban J connectivity index is 0. The van der Waals surface area contributed by atoms with Crippen LogP contribution in [0.2, 0.25) is 0 Å². The quantitative estimate of drug-likeness (QED) is 0.428. The Hall–Kier alpha value is -1.78. The van der Waals surface area contributed by atoms with Gasteiger partial charge in [0.2, 0.25) is 0 Å². The second-order valence-electron chi connectivity index (χ2n) is 4.84. The molecule has 0 aliphatic carbocycles. The fourth-order valence-corrected chi connectivity index (χ4v) is 1.82. The highest BCUT2D eigenvalue weighted by Crippen LogP contribution is 2.29.